The van der Waals surface area contributed by atoms with Gasteiger partial charge in [0.2, 0.25) is 0 Å². The summed E-state index contributed by atoms with van der Waals surface area (Å²) in [6.45, 7) is 7.46. The zero-order chi connectivity index (χ0) is 15.4. The van der Waals surface area contributed by atoms with Crippen LogP contribution >= 0.6 is 0 Å². The topological polar surface area (TPSA) is 89.1 Å². The van der Waals surface area contributed by atoms with Gasteiger partial charge in [-0.1, -0.05) is 19.1 Å². The van der Waals surface area contributed by atoms with E-state index in [-0.39, 0.29) is 5.69 Å². The normalized spacial score (nSPS) is 11.2. The van der Waals surface area contributed by atoms with Crippen LogP contribution in [0.25, 0.3) is 11.3 Å². The molecule has 0 amide bonds. The summed E-state index contributed by atoms with van der Waals surface area (Å²) in [6, 6.07) is 0. The number of rotatable bonds is 7. The minimum absolute atomic E-state index is 0.0393. The van der Waals surface area contributed by atoms with Gasteiger partial charge in [-0.05, 0) is 13.1 Å². The minimum Gasteiger partial charge on any atom is -0.476 e. The largest absolute Gasteiger partial charge is 0.476 e. The van der Waals surface area contributed by atoms with Crippen molar-refractivity contribution in [1.29, 1.82) is 0 Å². The molecule has 0 aliphatic carbocycles. The first-order valence-corrected chi connectivity index (χ1v) is 6.95. The van der Waals surface area contributed by atoms with Gasteiger partial charge < -0.3 is 10.0 Å². The average Bonchev–Trinajstić information content (AvgIpc) is 3.05. The van der Waals surface area contributed by atoms with Gasteiger partial charge in [0.1, 0.15) is 5.69 Å². The van der Waals surface area contributed by atoms with Crippen LogP contribution in [-0.2, 0) is 13.6 Å². The van der Waals surface area contributed by atoms with Crippen molar-refractivity contribution < 1.29 is 9.90 Å². The van der Waals surface area contributed by atoms with Crippen LogP contribution in [-0.4, -0.2) is 60.4 Å². The number of nitrogens with zero attached hydrogens (tertiary/aromatic N) is 6. The molecule has 0 atom stereocenters. The van der Waals surface area contributed by atoms with Crippen LogP contribution in [0.15, 0.2) is 12.4 Å². The maximum atomic E-state index is 11.3. The lowest BCUT2D eigenvalue weighted by molar-refractivity contribution is 0.0691. The highest BCUT2D eigenvalue weighted by Crippen LogP contribution is 2.21. The lowest BCUT2D eigenvalue weighted by atomic mass is 10.2. The Morgan fingerprint density at radius 3 is 2.62 bits per heavy atom. The summed E-state index contributed by atoms with van der Waals surface area (Å²) in [6.07, 6.45) is 3.39. The van der Waals surface area contributed by atoms with E-state index in [0.717, 1.165) is 19.6 Å². The Morgan fingerprint density at radius 2 is 2.10 bits per heavy atom. The first-order chi connectivity index (χ1) is 10.1. The third-order valence-electron chi connectivity index (χ3n) is 3.44. The molecule has 8 nitrogen and oxygen atoms in total. The van der Waals surface area contributed by atoms with Gasteiger partial charge in [0, 0.05) is 25.4 Å². The summed E-state index contributed by atoms with van der Waals surface area (Å²) in [5.41, 5.74) is 1.17. The van der Waals surface area contributed by atoms with Gasteiger partial charge in [0.15, 0.2) is 5.69 Å². The monoisotopic (exact) mass is 292 g/mol. The summed E-state index contributed by atoms with van der Waals surface area (Å²) >= 11 is 0. The predicted octanol–water partition coefficient (Wildman–Crippen LogP) is 0.719. The maximum absolute atomic E-state index is 11.3. The van der Waals surface area contributed by atoms with Crippen molar-refractivity contribution in [3.8, 4) is 11.3 Å². The molecule has 0 saturated carbocycles. The van der Waals surface area contributed by atoms with Crippen molar-refractivity contribution >= 4 is 5.97 Å². The number of carbonyl (C=O) groups is 1. The number of carboxylic acids is 1. The van der Waals surface area contributed by atoms with Gasteiger partial charge in [0.25, 0.3) is 0 Å². The molecule has 8 heteroatoms. The highest BCUT2D eigenvalue weighted by molar-refractivity contribution is 5.92. The van der Waals surface area contributed by atoms with Crippen molar-refractivity contribution in [2.75, 3.05) is 19.6 Å². The van der Waals surface area contributed by atoms with Gasteiger partial charge in [-0.3, -0.25) is 4.68 Å². The molecule has 0 radical (unpaired) electrons. The van der Waals surface area contributed by atoms with E-state index in [4.69, 9.17) is 0 Å². The van der Waals surface area contributed by atoms with Crippen LogP contribution in [0, 0.1) is 0 Å². The highest BCUT2D eigenvalue weighted by Gasteiger charge is 2.21. The van der Waals surface area contributed by atoms with Crippen molar-refractivity contribution in [1.82, 2.24) is 29.7 Å². The number of likely N-dealkylation sites (N-methyl/N-ethyl adjacent to an activating group) is 1. The Balaban J connectivity index is 2.31. The zero-order valence-corrected chi connectivity index (χ0v) is 12.5. The number of carboxylic acid groups (broad SMARTS) is 1. The zero-order valence-electron chi connectivity index (χ0n) is 12.5. The van der Waals surface area contributed by atoms with Crippen LogP contribution in [0.2, 0.25) is 0 Å². The molecule has 0 unspecified atom stereocenters. The standard InChI is InChI=1S/C13H20N6O2/c1-4-18(5-2)6-7-19-12(10-8-14-17(3)9-10)11(13(20)21)15-16-19/h8-9H,4-7H2,1-3H3,(H,20,21). The molecule has 0 spiro atoms. The number of aromatic carboxylic acids is 1. The van der Waals surface area contributed by atoms with Gasteiger partial charge in [0.05, 0.1) is 12.7 Å². The molecule has 1 N–H and O–H groups in total. The molecule has 2 rings (SSSR count). The molecule has 114 valence electrons. The van der Waals surface area contributed by atoms with Crippen LogP contribution < -0.4 is 0 Å². The Morgan fingerprint density at radius 1 is 1.38 bits per heavy atom. The summed E-state index contributed by atoms with van der Waals surface area (Å²) < 4.78 is 3.27. The molecule has 2 heterocycles. The number of aryl methyl sites for hydroxylation is 1. The molecule has 0 aliphatic rings. The van der Waals surface area contributed by atoms with Gasteiger partial charge in [-0.25, -0.2) is 9.48 Å². The Hall–Kier alpha value is -2.22. The SMILES string of the molecule is CCN(CC)CCn1nnc(C(=O)O)c1-c1cnn(C)c1. The lowest BCUT2D eigenvalue weighted by Crippen LogP contribution is -2.27. The number of aromatic nitrogens is 5. The van der Waals surface area contributed by atoms with E-state index in [9.17, 15) is 9.90 Å². The first kappa shape index (κ1) is 15.2. The van der Waals surface area contributed by atoms with E-state index in [0.29, 0.717) is 17.8 Å². The lowest BCUT2D eigenvalue weighted by Gasteiger charge is -2.18. The molecule has 0 bridgehead atoms. The average molecular weight is 292 g/mol. The first-order valence-electron chi connectivity index (χ1n) is 6.95. The van der Waals surface area contributed by atoms with E-state index >= 15 is 0 Å². The third kappa shape index (κ3) is 3.27. The molecule has 2 aromatic rings. The summed E-state index contributed by atoms with van der Waals surface area (Å²) in [5.74, 6) is -1.08. The number of hydrogen-bond acceptors (Lipinski definition) is 5. The quantitative estimate of drug-likeness (QED) is 0.809. The highest BCUT2D eigenvalue weighted by atomic mass is 16.4. The van der Waals surface area contributed by atoms with E-state index in [1.165, 1.54) is 0 Å². The maximum Gasteiger partial charge on any atom is 0.358 e. The minimum atomic E-state index is -1.08. The fraction of sp³-hybridized carbons (Fsp3) is 0.538. The van der Waals surface area contributed by atoms with Gasteiger partial charge in [-0.2, -0.15) is 5.10 Å². The summed E-state index contributed by atoms with van der Waals surface area (Å²) in [5, 5.41) is 21.1. The molecule has 21 heavy (non-hydrogen) atoms. The summed E-state index contributed by atoms with van der Waals surface area (Å²) in [4.78, 5) is 13.6. The Bertz CT molecular complexity index is 614. The van der Waals surface area contributed by atoms with E-state index in [1.54, 1.807) is 28.8 Å². The fourth-order valence-electron chi connectivity index (χ4n) is 2.22. The van der Waals surface area contributed by atoms with Gasteiger partial charge >= 0.3 is 5.97 Å². The van der Waals surface area contributed by atoms with E-state index in [2.05, 4.69) is 34.2 Å². The third-order valence-corrected chi connectivity index (χ3v) is 3.44. The second kappa shape index (κ2) is 6.49. The molecule has 0 aliphatic heterocycles. The second-order valence-electron chi connectivity index (χ2n) is 4.74. The Kier molecular flexibility index (Phi) is 4.69. The molecule has 0 aromatic carbocycles. The molecule has 0 fully saturated rings. The molecule has 2 aromatic heterocycles. The smallest absolute Gasteiger partial charge is 0.358 e. The summed E-state index contributed by atoms with van der Waals surface area (Å²) in [7, 11) is 1.79. The fourth-order valence-corrected chi connectivity index (χ4v) is 2.22. The van der Waals surface area contributed by atoms with E-state index in [1.807, 2.05) is 0 Å². The van der Waals surface area contributed by atoms with Crippen molar-refractivity contribution in [3.63, 3.8) is 0 Å². The van der Waals surface area contributed by atoms with Crippen molar-refractivity contribution in [2.45, 2.75) is 20.4 Å². The van der Waals surface area contributed by atoms with Crippen LogP contribution in [0.4, 0.5) is 0 Å². The molecular formula is C13H20N6O2. The molecular weight excluding hydrogens is 272 g/mol. The molecule has 0 saturated heterocycles. The van der Waals surface area contributed by atoms with Crippen LogP contribution in [0.3, 0.4) is 0 Å². The Labute approximate surface area is 123 Å². The second-order valence-corrected chi connectivity index (χ2v) is 4.74. The van der Waals surface area contributed by atoms with Crippen LogP contribution in [0.5, 0.6) is 0 Å². The van der Waals surface area contributed by atoms with Crippen LogP contribution in [0.1, 0.15) is 24.3 Å². The number of hydrogen-bond donors (Lipinski definition) is 1. The van der Waals surface area contributed by atoms with Crippen molar-refractivity contribution in [3.05, 3.63) is 18.1 Å². The van der Waals surface area contributed by atoms with Gasteiger partial charge in [-0.15, -0.1) is 5.10 Å². The van der Waals surface area contributed by atoms with Crippen molar-refractivity contribution in [2.24, 2.45) is 7.05 Å². The predicted molar refractivity (Wildman–Crippen MR) is 77.0 cm³/mol. The van der Waals surface area contributed by atoms with E-state index < -0.39 is 5.97 Å².